The first-order valence-electron chi connectivity index (χ1n) is 7.03. The Kier molecular flexibility index (Phi) is 5.91. The number of amides is 2. The molecule has 0 aliphatic carbocycles. The predicted octanol–water partition coefficient (Wildman–Crippen LogP) is 2.39. The van der Waals surface area contributed by atoms with E-state index in [4.69, 9.17) is 16.0 Å². The number of rotatable bonds is 7. The summed E-state index contributed by atoms with van der Waals surface area (Å²) in [7, 11) is 0. The highest BCUT2D eigenvalue weighted by atomic mass is 35.5. The number of nitro benzene ring substituents is 1. The van der Waals surface area contributed by atoms with Gasteiger partial charge in [0.05, 0.1) is 21.8 Å². The van der Waals surface area contributed by atoms with Gasteiger partial charge < -0.3 is 15.1 Å². The molecule has 24 heavy (non-hydrogen) atoms. The third-order valence-corrected chi connectivity index (χ3v) is 3.39. The van der Waals surface area contributed by atoms with E-state index in [1.165, 1.54) is 18.4 Å². The average Bonchev–Trinajstić information content (AvgIpc) is 3.08. The standard InChI is InChI=1S/C15H14ClN3O5/c16-12-9-10(19(22)23)4-5-11(12)14(20)17-6-2-7-18-15(21)13-3-1-8-24-13/h1,3-5,8-9H,2,6-7H2,(H,17,20)(H,18,21). The maximum Gasteiger partial charge on any atom is 0.286 e. The van der Waals surface area contributed by atoms with E-state index in [0.717, 1.165) is 6.07 Å². The zero-order chi connectivity index (χ0) is 17.5. The smallest absolute Gasteiger partial charge is 0.286 e. The minimum Gasteiger partial charge on any atom is -0.459 e. The summed E-state index contributed by atoms with van der Waals surface area (Å²) < 4.78 is 4.94. The normalized spacial score (nSPS) is 10.2. The van der Waals surface area contributed by atoms with Gasteiger partial charge in [-0.05, 0) is 24.6 Å². The Bertz CT molecular complexity index is 746. The van der Waals surface area contributed by atoms with Crippen molar-refractivity contribution in [2.24, 2.45) is 0 Å². The molecule has 0 spiro atoms. The van der Waals surface area contributed by atoms with Crippen LogP contribution < -0.4 is 10.6 Å². The van der Waals surface area contributed by atoms with Gasteiger partial charge in [0, 0.05) is 25.2 Å². The number of hydrogen-bond acceptors (Lipinski definition) is 5. The van der Waals surface area contributed by atoms with Gasteiger partial charge in [0.1, 0.15) is 0 Å². The molecule has 8 nitrogen and oxygen atoms in total. The molecule has 2 rings (SSSR count). The number of halogens is 1. The summed E-state index contributed by atoms with van der Waals surface area (Å²) >= 11 is 5.87. The van der Waals surface area contributed by atoms with Crippen molar-refractivity contribution < 1.29 is 18.9 Å². The van der Waals surface area contributed by atoms with Crippen LogP contribution in [0, 0.1) is 10.1 Å². The number of benzene rings is 1. The number of furan rings is 1. The van der Waals surface area contributed by atoms with Crippen LogP contribution in [0.2, 0.25) is 5.02 Å². The summed E-state index contributed by atoms with van der Waals surface area (Å²) in [6.45, 7) is 0.665. The van der Waals surface area contributed by atoms with Gasteiger partial charge in [0.2, 0.25) is 0 Å². The van der Waals surface area contributed by atoms with Crippen molar-refractivity contribution in [2.45, 2.75) is 6.42 Å². The molecule has 0 aliphatic rings. The summed E-state index contributed by atoms with van der Waals surface area (Å²) in [4.78, 5) is 33.6. The number of nitro groups is 1. The van der Waals surface area contributed by atoms with Crippen molar-refractivity contribution in [2.75, 3.05) is 13.1 Å². The van der Waals surface area contributed by atoms with Crippen LogP contribution in [0.1, 0.15) is 27.3 Å². The molecule has 0 aliphatic heterocycles. The van der Waals surface area contributed by atoms with Gasteiger partial charge in [-0.3, -0.25) is 19.7 Å². The molecule has 0 saturated carbocycles. The Labute approximate surface area is 141 Å². The zero-order valence-electron chi connectivity index (χ0n) is 12.5. The predicted molar refractivity (Wildman–Crippen MR) is 86.1 cm³/mol. The summed E-state index contributed by atoms with van der Waals surface area (Å²) in [6.07, 6.45) is 1.91. The monoisotopic (exact) mass is 351 g/mol. The molecule has 1 aromatic heterocycles. The highest BCUT2D eigenvalue weighted by Crippen LogP contribution is 2.22. The fraction of sp³-hybridized carbons (Fsp3) is 0.200. The molecule has 1 heterocycles. The van der Waals surface area contributed by atoms with Crippen LogP contribution in [-0.2, 0) is 0 Å². The van der Waals surface area contributed by atoms with Gasteiger partial charge in [-0.25, -0.2) is 0 Å². The summed E-state index contributed by atoms with van der Waals surface area (Å²) in [5.41, 5.74) is -0.0286. The largest absolute Gasteiger partial charge is 0.459 e. The molecule has 126 valence electrons. The van der Waals surface area contributed by atoms with E-state index >= 15 is 0 Å². The van der Waals surface area contributed by atoms with E-state index in [1.807, 2.05) is 0 Å². The fourth-order valence-electron chi connectivity index (χ4n) is 1.88. The number of hydrogen-bond donors (Lipinski definition) is 2. The molecule has 2 aromatic rings. The highest BCUT2D eigenvalue weighted by molar-refractivity contribution is 6.34. The van der Waals surface area contributed by atoms with E-state index in [9.17, 15) is 19.7 Å². The number of nitrogens with zero attached hydrogens (tertiary/aromatic N) is 1. The molecular weight excluding hydrogens is 338 g/mol. The highest BCUT2D eigenvalue weighted by Gasteiger charge is 2.14. The van der Waals surface area contributed by atoms with Crippen LogP contribution in [0.4, 0.5) is 5.69 Å². The Balaban J connectivity index is 1.75. The van der Waals surface area contributed by atoms with Crippen molar-refractivity contribution in [3.05, 3.63) is 63.1 Å². The number of nitrogens with one attached hydrogen (secondary N) is 2. The maximum atomic E-state index is 12.0. The molecule has 1 aromatic carbocycles. The van der Waals surface area contributed by atoms with Gasteiger partial charge in [-0.2, -0.15) is 0 Å². The first kappa shape index (κ1) is 17.5. The first-order chi connectivity index (χ1) is 11.5. The summed E-state index contributed by atoms with van der Waals surface area (Å²) in [5.74, 6) is -0.548. The summed E-state index contributed by atoms with van der Waals surface area (Å²) in [6, 6.07) is 6.80. The lowest BCUT2D eigenvalue weighted by molar-refractivity contribution is -0.384. The molecular formula is C15H14ClN3O5. The second kappa shape index (κ2) is 8.11. The molecule has 0 radical (unpaired) electrons. The van der Waals surface area contributed by atoms with E-state index in [0.29, 0.717) is 19.5 Å². The third-order valence-electron chi connectivity index (χ3n) is 3.08. The van der Waals surface area contributed by atoms with Gasteiger partial charge in [0.25, 0.3) is 17.5 Å². The van der Waals surface area contributed by atoms with Gasteiger partial charge in [-0.1, -0.05) is 11.6 Å². The topological polar surface area (TPSA) is 114 Å². The molecule has 0 atom stereocenters. The molecule has 0 fully saturated rings. The number of carbonyl (C=O) groups is 2. The number of carbonyl (C=O) groups excluding carboxylic acids is 2. The minimum absolute atomic E-state index is 0.00724. The molecule has 9 heteroatoms. The molecule has 0 bridgehead atoms. The van der Waals surface area contributed by atoms with Crippen molar-refractivity contribution >= 4 is 29.1 Å². The molecule has 0 saturated heterocycles. The van der Waals surface area contributed by atoms with Crippen LogP contribution in [0.15, 0.2) is 41.0 Å². The Morgan fingerprint density at radius 3 is 2.46 bits per heavy atom. The second-order valence-corrected chi connectivity index (χ2v) is 5.17. The van der Waals surface area contributed by atoms with E-state index in [-0.39, 0.29) is 27.9 Å². The van der Waals surface area contributed by atoms with Crippen LogP contribution in [0.5, 0.6) is 0 Å². The van der Waals surface area contributed by atoms with Crippen molar-refractivity contribution in [1.29, 1.82) is 0 Å². The maximum absolute atomic E-state index is 12.0. The van der Waals surface area contributed by atoms with E-state index < -0.39 is 10.8 Å². The quantitative estimate of drug-likeness (QED) is 0.451. The lowest BCUT2D eigenvalue weighted by Crippen LogP contribution is -2.29. The minimum atomic E-state index is -0.588. The SMILES string of the molecule is O=C(NCCCNC(=O)c1ccc([N+](=O)[O-])cc1Cl)c1ccco1. The van der Waals surface area contributed by atoms with E-state index in [1.54, 1.807) is 12.1 Å². The van der Waals surface area contributed by atoms with Gasteiger partial charge in [-0.15, -0.1) is 0 Å². The Morgan fingerprint density at radius 1 is 1.17 bits per heavy atom. The van der Waals surface area contributed by atoms with Crippen molar-refractivity contribution in [3.8, 4) is 0 Å². The lowest BCUT2D eigenvalue weighted by atomic mass is 10.2. The Morgan fingerprint density at radius 2 is 1.88 bits per heavy atom. The first-order valence-corrected chi connectivity index (χ1v) is 7.40. The van der Waals surface area contributed by atoms with Crippen molar-refractivity contribution in [3.63, 3.8) is 0 Å². The molecule has 2 N–H and O–H groups in total. The van der Waals surface area contributed by atoms with Crippen LogP contribution in [-0.4, -0.2) is 29.8 Å². The van der Waals surface area contributed by atoms with Gasteiger partial charge >= 0.3 is 0 Å². The third kappa shape index (κ3) is 4.56. The van der Waals surface area contributed by atoms with Crippen LogP contribution in [0.3, 0.4) is 0 Å². The number of non-ortho nitro benzene ring substituents is 1. The van der Waals surface area contributed by atoms with E-state index in [2.05, 4.69) is 10.6 Å². The van der Waals surface area contributed by atoms with Crippen LogP contribution in [0.25, 0.3) is 0 Å². The van der Waals surface area contributed by atoms with Crippen molar-refractivity contribution in [1.82, 2.24) is 10.6 Å². The average molecular weight is 352 g/mol. The molecule has 2 amide bonds. The molecule has 0 unspecified atom stereocenters. The second-order valence-electron chi connectivity index (χ2n) is 4.76. The van der Waals surface area contributed by atoms with Gasteiger partial charge in [0.15, 0.2) is 5.76 Å². The lowest BCUT2D eigenvalue weighted by Gasteiger charge is -2.07. The zero-order valence-corrected chi connectivity index (χ0v) is 13.2. The fourth-order valence-corrected chi connectivity index (χ4v) is 2.14. The van der Waals surface area contributed by atoms with Crippen LogP contribution >= 0.6 is 11.6 Å². The Hall–Kier alpha value is -2.87. The summed E-state index contributed by atoms with van der Waals surface area (Å²) in [5, 5.41) is 15.9.